The Kier molecular flexibility index (Phi) is 8.73. The molecule has 0 saturated carbocycles. The topological polar surface area (TPSA) is 46.2 Å². The molecule has 0 atom stereocenters. The fourth-order valence-corrected chi connectivity index (χ4v) is 2.62. The Labute approximate surface area is 143 Å². The van der Waals surface area contributed by atoms with Gasteiger partial charge in [-0.2, -0.15) is 0 Å². The molecule has 24 heavy (non-hydrogen) atoms. The monoisotopic (exact) mass is 348 g/mol. The van der Waals surface area contributed by atoms with Crippen LogP contribution in [0.2, 0.25) is 0 Å². The van der Waals surface area contributed by atoms with Crippen LogP contribution in [-0.2, 0) is 14.0 Å². The first-order valence-electron chi connectivity index (χ1n) is 7.58. The van der Waals surface area contributed by atoms with Crippen molar-refractivity contribution in [3.8, 4) is 11.5 Å². The summed E-state index contributed by atoms with van der Waals surface area (Å²) in [4.78, 5) is 0. The van der Waals surface area contributed by atoms with Gasteiger partial charge in [-0.15, -0.1) is 0 Å². The highest BCUT2D eigenvalue weighted by atomic mass is 31.2. The van der Waals surface area contributed by atoms with Crippen molar-refractivity contribution in [2.75, 3.05) is 26.4 Å². The van der Waals surface area contributed by atoms with Crippen LogP contribution in [0.1, 0.15) is 0 Å². The maximum atomic E-state index is 5.79. The minimum absolute atomic E-state index is 0.361. The number of para-hydroxylation sites is 2. The molecule has 0 N–H and O–H groups in total. The van der Waals surface area contributed by atoms with E-state index in [2.05, 4.69) is 6.58 Å². The lowest BCUT2D eigenvalue weighted by atomic mass is 10.3. The highest BCUT2D eigenvalue weighted by molar-refractivity contribution is 7.42. The van der Waals surface area contributed by atoms with Gasteiger partial charge in [-0.25, -0.2) is 0 Å². The molecule has 0 heterocycles. The van der Waals surface area contributed by atoms with Crippen LogP contribution < -0.4 is 9.05 Å². The molecule has 0 aliphatic heterocycles. The molecule has 0 aliphatic rings. The van der Waals surface area contributed by atoms with E-state index in [0.29, 0.717) is 37.9 Å². The second-order valence-corrected chi connectivity index (χ2v) is 5.59. The van der Waals surface area contributed by atoms with Crippen LogP contribution in [0, 0.1) is 0 Å². The molecular weight excluding hydrogens is 327 g/mol. The maximum absolute atomic E-state index is 5.79. The molecule has 6 heteroatoms. The van der Waals surface area contributed by atoms with Crippen LogP contribution in [0.5, 0.6) is 11.5 Å². The molecule has 0 fully saturated rings. The Morgan fingerprint density at radius 2 is 1.29 bits per heavy atom. The molecule has 5 nitrogen and oxygen atoms in total. The molecule has 0 aliphatic carbocycles. The minimum atomic E-state index is -1.57. The summed E-state index contributed by atoms with van der Waals surface area (Å²) in [5.41, 5.74) is 0. The van der Waals surface area contributed by atoms with E-state index in [0.717, 1.165) is 0 Å². The standard InChI is InChI=1S/C18H21O5P/c1-2-19-13-14-20-15-16-21-24(22-17-9-5-3-6-10-17)23-18-11-7-4-8-12-18/h2-12H,1,13-16H2. The summed E-state index contributed by atoms with van der Waals surface area (Å²) in [7, 11) is -1.57. The van der Waals surface area contributed by atoms with Crippen molar-refractivity contribution >= 4 is 8.60 Å². The quantitative estimate of drug-likeness (QED) is 0.320. The van der Waals surface area contributed by atoms with Crippen molar-refractivity contribution in [1.29, 1.82) is 0 Å². The molecule has 0 unspecified atom stereocenters. The SMILES string of the molecule is C=COCCOCCOP(Oc1ccccc1)Oc1ccccc1. The predicted octanol–water partition coefficient (Wildman–Crippen LogP) is 4.56. The van der Waals surface area contributed by atoms with E-state index in [9.17, 15) is 0 Å². The van der Waals surface area contributed by atoms with Crippen molar-refractivity contribution in [1.82, 2.24) is 0 Å². The molecule has 2 aromatic rings. The first-order chi connectivity index (χ1) is 11.9. The number of hydrogen-bond donors (Lipinski definition) is 0. The Balaban J connectivity index is 1.80. The van der Waals surface area contributed by atoms with Crippen molar-refractivity contribution < 1.29 is 23.0 Å². The molecule has 128 valence electrons. The highest BCUT2D eigenvalue weighted by Gasteiger charge is 2.17. The minimum Gasteiger partial charge on any atom is -0.499 e. The summed E-state index contributed by atoms with van der Waals surface area (Å²) in [6.07, 6.45) is 1.39. The fraction of sp³-hybridized carbons (Fsp3) is 0.222. The van der Waals surface area contributed by atoms with Gasteiger partial charge in [0.2, 0.25) is 0 Å². The van der Waals surface area contributed by atoms with Gasteiger partial charge in [0, 0.05) is 0 Å². The van der Waals surface area contributed by atoms with Crippen LogP contribution >= 0.6 is 8.60 Å². The summed E-state index contributed by atoms with van der Waals surface area (Å²) in [5.74, 6) is 1.39. The van der Waals surface area contributed by atoms with E-state index in [1.54, 1.807) is 0 Å². The Bertz CT molecular complexity index is 523. The normalized spacial score (nSPS) is 10.4. The molecule has 2 rings (SSSR count). The number of hydrogen-bond acceptors (Lipinski definition) is 5. The number of rotatable bonds is 12. The lowest BCUT2D eigenvalue weighted by Crippen LogP contribution is -2.09. The zero-order valence-electron chi connectivity index (χ0n) is 13.4. The highest BCUT2D eigenvalue weighted by Crippen LogP contribution is 2.41. The van der Waals surface area contributed by atoms with E-state index >= 15 is 0 Å². The third kappa shape index (κ3) is 7.47. The Hall–Kier alpha value is -2.07. The third-order valence-corrected chi connectivity index (χ3v) is 3.85. The number of benzene rings is 2. The van der Waals surface area contributed by atoms with Crippen molar-refractivity contribution in [2.45, 2.75) is 0 Å². The fourth-order valence-electron chi connectivity index (χ4n) is 1.67. The van der Waals surface area contributed by atoms with Gasteiger partial charge in [-0.05, 0) is 24.3 Å². The average Bonchev–Trinajstić information content (AvgIpc) is 2.62. The largest absolute Gasteiger partial charge is 0.499 e. The molecule has 0 amide bonds. The van der Waals surface area contributed by atoms with Crippen molar-refractivity contribution in [3.63, 3.8) is 0 Å². The third-order valence-electron chi connectivity index (χ3n) is 2.73. The Morgan fingerprint density at radius 1 is 0.750 bits per heavy atom. The van der Waals surface area contributed by atoms with Crippen molar-refractivity contribution in [2.24, 2.45) is 0 Å². The number of ether oxygens (including phenoxy) is 2. The van der Waals surface area contributed by atoms with Gasteiger partial charge < -0.3 is 18.5 Å². The van der Waals surface area contributed by atoms with Gasteiger partial charge in [-0.1, -0.05) is 43.0 Å². The summed E-state index contributed by atoms with van der Waals surface area (Å²) in [5, 5.41) is 0. The van der Waals surface area contributed by atoms with Crippen LogP contribution in [0.3, 0.4) is 0 Å². The smallest absolute Gasteiger partial charge is 0.463 e. The lowest BCUT2D eigenvalue weighted by Gasteiger charge is -2.17. The molecule has 0 bridgehead atoms. The summed E-state index contributed by atoms with van der Waals surface area (Å²) in [6, 6.07) is 18.9. The average molecular weight is 348 g/mol. The van der Waals surface area contributed by atoms with Gasteiger partial charge in [0.15, 0.2) is 0 Å². The molecule has 0 saturated heterocycles. The molecule has 0 spiro atoms. The van der Waals surface area contributed by atoms with Gasteiger partial charge in [0.1, 0.15) is 18.1 Å². The van der Waals surface area contributed by atoms with E-state index in [1.807, 2.05) is 60.7 Å². The molecule has 0 radical (unpaired) electrons. The van der Waals surface area contributed by atoms with Gasteiger partial charge in [0.25, 0.3) is 0 Å². The van der Waals surface area contributed by atoms with Crippen LogP contribution in [-0.4, -0.2) is 26.4 Å². The van der Waals surface area contributed by atoms with Gasteiger partial charge in [0.05, 0.1) is 26.1 Å². The zero-order valence-corrected chi connectivity index (χ0v) is 14.3. The molecule has 2 aromatic carbocycles. The van der Waals surface area contributed by atoms with E-state index < -0.39 is 8.60 Å². The first-order valence-corrected chi connectivity index (χ1v) is 8.67. The van der Waals surface area contributed by atoms with E-state index in [1.165, 1.54) is 6.26 Å². The second kappa shape index (κ2) is 11.5. The van der Waals surface area contributed by atoms with Crippen LogP contribution in [0.4, 0.5) is 0 Å². The first kappa shape index (κ1) is 18.3. The van der Waals surface area contributed by atoms with E-state index in [-0.39, 0.29) is 0 Å². The maximum Gasteiger partial charge on any atom is 0.463 e. The second-order valence-electron chi connectivity index (χ2n) is 4.52. The Morgan fingerprint density at radius 3 is 1.83 bits per heavy atom. The lowest BCUT2D eigenvalue weighted by molar-refractivity contribution is 0.0634. The summed E-state index contributed by atoms with van der Waals surface area (Å²) >= 11 is 0. The van der Waals surface area contributed by atoms with Gasteiger partial charge >= 0.3 is 8.60 Å². The van der Waals surface area contributed by atoms with Crippen molar-refractivity contribution in [3.05, 3.63) is 73.5 Å². The van der Waals surface area contributed by atoms with Crippen LogP contribution in [0.15, 0.2) is 73.5 Å². The summed E-state index contributed by atoms with van der Waals surface area (Å²) in [6.45, 7) is 5.20. The predicted molar refractivity (Wildman–Crippen MR) is 94.0 cm³/mol. The van der Waals surface area contributed by atoms with E-state index in [4.69, 9.17) is 23.0 Å². The zero-order chi connectivity index (χ0) is 16.9. The summed E-state index contributed by atoms with van der Waals surface area (Å²) < 4.78 is 27.6. The van der Waals surface area contributed by atoms with Crippen LogP contribution in [0.25, 0.3) is 0 Å². The molecule has 0 aromatic heterocycles. The molecular formula is C18H21O5P. The van der Waals surface area contributed by atoms with Gasteiger partial charge in [-0.3, -0.25) is 4.52 Å².